The van der Waals surface area contributed by atoms with E-state index in [1.807, 2.05) is 66.7 Å². The van der Waals surface area contributed by atoms with Crippen LogP contribution in [-0.2, 0) is 24.2 Å². The van der Waals surface area contributed by atoms with Crippen molar-refractivity contribution in [1.29, 1.82) is 0 Å². The molecule has 0 bridgehead atoms. The minimum Gasteiger partial charge on any atom is -0.508 e. The Balaban J connectivity index is 1.34. The van der Waals surface area contributed by atoms with Gasteiger partial charge in [0.15, 0.2) is 0 Å². The molecule has 4 aromatic rings. The van der Waals surface area contributed by atoms with Crippen LogP contribution in [0.15, 0.2) is 97.3 Å². The predicted molar refractivity (Wildman–Crippen MR) is 126 cm³/mol. The number of aryl methyl sites for hydroxylation is 1. The smallest absolute Gasteiger partial charge is 0.137 e. The molecule has 4 nitrogen and oxygen atoms in total. The van der Waals surface area contributed by atoms with Gasteiger partial charge in [-0.1, -0.05) is 60.7 Å². The zero-order chi connectivity index (χ0) is 22.2. The first-order valence-corrected chi connectivity index (χ1v) is 10.7. The Kier molecular flexibility index (Phi) is 6.93. The van der Waals surface area contributed by atoms with E-state index in [9.17, 15) is 9.90 Å². The molecule has 0 radical (unpaired) electrons. The highest BCUT2D eigenvalue weighted by Crippen LogP contribution is 2.33. The van der Waals surface area contributed by atoms with Crippen molar-refractivity contribution in [2.45, 2.75) is 25.9 Å². The number of nitrogens with zero attached hydrogens (tertiary/aromatic N) is 1. The van der Waals surface area contributed by atoms with E-state index in [1.54, 1.807) is 30.6 Å². The number of rotatable bonds is 9. The molecule has 0 spiro atoms. The number of hydrogen-bond acceptors (Lipinski definition) is 4. The lowest BCUT2D eigenvalue weighted by Crippen LogP contribution is -2.05. The van der Waals surface area contributed by atoms with Crippen LogP contribution in [0.25, 0.3) is 11.1 Å². The van der Waals surface area contributed by atoms with Crippen molar-refractivity contribution in [2.24, 2.45) is 0 Å². The molecule has 0 saturated heterocycles. The van der Waals surface area contributed by atoms with Crippen LogP contribution in [0.1, 0.15) is 23.1 Å². The van der Waals surface area contributed by atoms with Crippen molar-refractivity contribution in [2.75, 3.05) is 0 Å². The van der Waals surface area contributed by atoms with Gasteiger partial charge in [0.25, 0.3) is 0 Å². The molecule has 0 saturated carbocycles. The Morgan fingerprint density at radius 3 is 2.38 bits per heavy atom. The van der Waals surface area contributed by atoms with Crippen molar-refractivity contribution < 1.29 is 14.6 Å². The number of ketones is 1. The first-order valence-electron chi connectivity index (χ1n) is 10.7. The summed E-state index contributed by atoms with van der Waals surface area (Å²) in [5, 5.41) is 9.90. The second-order valence-electron chi connectivity index (χ2n) is 7.73. The Hall–Kier alpha value is -3.92. The van der Waals surface area contributed by atoms with Crippen LogP contribution >= 0.6 is 0 Å². The molecule has 3 aromatic carbocycles. The Bertz CT molecular complexity index is 1160. The third-order valence-electron chi connectivity index (χ3n) is 5.28. The van der Waals surface area contributed by atoms with Gasteiger partial charge in [0.05, 0.1) is 0 Å². The monoisotopic (exact) mass is 423 g/mol. The van der Waals surface area contributed by atoms with E-state index in [0.717, 1.165) is 34.2 Å². The van der Waals surface area contributed by atoms with Crippen LogP contribution in [0.2, 0.25) is 0 Å². The zero-order valence-corrected chi connectivity index (χ0v) is 17.8. The molecule has 4 heteroatoms. The molecular formula is C28H25NO3. The van der Waals surface area contributed by atoms with Gasteiger partial charge in [0.2, 0.25) is 0 Å². The number of carbonyl (C=O) groups excluding carboxylic acids is 1. The molecule has 0 aliphatic carbocycles. The van der Waals surface area contributed by atoms with Gasteiger partial charge in [-0.15, -0.1) is 0 Å². The van der Waals surface area contributed by atoms with E-state index in [1.165, 1.54) is 0 Å². The number of aromatic hydroxyl groups is 1. The summed E-state index contributed by atoms with van der Waals surface area (Å²) in [6, 6.07) is 26.8. The van der Waals surface area contributed by atoms with Gasteiger partial charge >= 0.3 is 0 Å². The third-order valence-corrected chi connectivity index (χ3v) is 5.28. The van der Waals surface area contributed by atoms with Crippen molar-refractivity contribution in [3.8, 4) is 22.6 Å². The molecule has 0 unspecified atom stereocenters. The fraction of sp³-hybridized carbons (Fsp3) is 0.143. The molecule has 0 atom stereocenters. The van der Waals surface area contributed by atoms with Gasteiger partial charge in [0.1, 0.15) is 23.9 Å². The van der Waals surface area contributed by atoms with Crippen LogP contribution in [-0.4, -0.2) is 15.9 Å². The predicted octanol–water partition coefficient (Wildman–Crippen LogP) is 5.78. The van der Waals surface area contributed by atoms with Gasteiger partial charge in [-0.05, 0) is 52.9 Å². The Morgan fingerprint density at radius 2 is 1.62 bits per heavy atom. The molecule has 4 rings (SSSR count). The highest BCUT2D eigenvalue weighted by molar-refractivity contribution is 5.81. The second kappa shape index (κ2) is 10.4. The first kappa shape index (κ1) is 21.3. The van der Waals surface area contributed by atoms with Crippen molar-refractivity contribution in [3.63, 3.8) is 0 Å². The molecule has 0 fully saturated rings. The van der Waals surface area contributed by atoms with Crippen molar-refractivity contribution >= 4 is 5.78 Å². The topological polar surface area (TPSA) is 59.4 Å². The van der Waals surface area contributed by atoms with Crippen molar-refractivity contribution in [1.82, 2.24) is 4.98 Å². The fourth-order valence-corrected chi connectivity index (χ4v) is 3.55. The van der Waals surface area contributed by atoms with E-state index in [-0.39, 0.29) is 11.5 Å². The maximum atomic E-state index is 12.3. The number of hydrogen-bond donors (Lipinski definition) is 1. The molecule has 1 N–H and O–H groups in total. The lowest BCUT2D eigenvalue weighted by molar-refractivity contribution is -0.118. The van der Waals surface area contributed by atoms with Gasteiger partial charge in [-0.25, -0.2) is 0 Å². The number of Topliss-reactive ketones (excluding diaryl/α,β-unsaturated/α-hetero) is 1. The normalized spacial score (nSPS) is 10.6. The molecule has 0 amide bonds. The van der Waals surface area contributed by atoms with Gasteiger partial charge < -0.3 is 9.84 Å². The third kappa shape index (κ3) is 5.82. The molecule has 1 aromatic heterocycles. The van der Waals surface area contributed by atoms with Gasteiger partial charge in [-0.2, -0.15) is 0 Å². The average Bonchev–Trinajstić information content (AvgIpc) is 2.84. The maximum Gasteiger partial charge on any atom is 0.137 e. The summed E-state index contributed by atoms with van der Waals surface area (Å²) in [5.74, 6) is 1.13. The molecule has 32 heavy (non-hydrogen) atoms. The van der Waals surface area contributed by atoms with Crippen LogP contribution in [0, 0.1) is 0 Å². The van der Waals surface area contributed by atoms with Crippen molar-refractivity contribution in [3.05, 3.63) is 114 Å². The zero-order valence-electron chi connectivity index (χ0n) is 17.8. The van der Waals surface area contributed by atoms with E-state index >= 15 is 0 Å². The van der Waals surface area contributed by atoms with Crippen LogP contribution < -0.4 is 4.74 Å². The van der Waals surface area contributed by atoms with E-state index < -0.39 is 0 Å². The number of pyridine rings is 1. The maximum absolute atomic E-state index is 12.3. The summed E-state index contributed by atoms with van der Waals surface area (Å²) < 4.78 is 6.06. The molecular weight excluding hydrogens is 398 g/mol. The quantitative estimate of drug-likeness (QED) is 0.371. The number of aromatic nitrogens is 1. The highest BCUT2D eigenvalue weighted by Gasteiger charge is 2.09. The largest absolute Gasteiger partial charge is 0.508 e. The fourth-order valence-electron chi connectivity index (χ4n) is 3.55. The van der Waals surface area contributed by atoms with Crippen LogP contribution in [0.5, 0.6) is 11.5 Å². The highest BCUT2D eigenvalue weighted by atomic mass is 16.5. The number of ether oxygens (including phenoxy) is 1. The summed E-state index contributed by atoms with van der Waals surface area (Å²) in [6.07, 6.45) is 5.20. The summed E-state index contributed by atoms with van der Waals surface area (Å²) in [5.41, 5.74) is 4.93. The van der Waals surface area contributed by atoms with E-state index in [2.05, 4.69) is 4.98 Å². The second-order valence-corrected chi connectivity index (χ2v) is 7.73. The average molecular weight is 424 g/mol. The summed E-state index contributed by atoms with van der Waals surface area (Å²) in [4.78, 5) is 16.4. The molecule has 0 aliphatic rings. The van der Waals surface area contributed by atoms with E-state index in [4.69, 9.17) is 4.74 Å². The summed E-state index contributed by atoms with van der Waals surface area (Å²) in [7, 11) is 0. The minimum atomic E-state index is 0.203. The molecule has 1 heterocycles. The first-order chi connectivity index (χ1) is 15.7. The lowest BCUT2D eigenvalue weighted by Gasteiger charge is -2.13. The van der Waals surface area contributed by atoms with Crippen LogP contribution in [0.4, 0.5) is 0 Å². The van der Waals surface area contributed by atoms with E-state index in [0.29, 0.717) is 25.2 Å². The standard InChI is InChI=1S/C28H25NO3/c30-25(13-12-22-5-4-16-29-19-22)17-21-8-10-23(11-9-21)20-32-28-15-14-26(31)18-27(28)24-6-2-1-3-7-24/h1-11,14-16,18-19,31H,12-13,17,20H2. The lowest BCUT2D eigenvalue weighted by atomic mass is 10.0. The SMILES string of the molecule is O=C(CCc1cccnc1)Cc1ccc(COc2ccc(O)cc2-c2ccccc2)cc1. The van der Waals surface area contributed by atoms with Gasteiger partial charge in [-0.3, -0.25) is 9.78 Å². The molecule has 160 valence electrons. The van der Waals surface area contributed by atoms with Crippen LogP contribution in [0.3, 0.4) is 0 Å². The van der Waals surface area contributed by atoms with Gasteiger partial charge in [0, 0.05) is 30.8 Å². The number of carbonyl (C=O) groups is 1. The minimum absolute atomic E-state index is 0.203. The Labute approximate surface area is 188 Å². The molecule has 0 aliphatic heterocycles. The number of phenols is 1. The Morgan fingerprint density at radius 1 is 0.844 bits per heavy atom. The number of benzene rings is 3. The summed E-state index contributed by atoms with van der Waals surface area (Å²) in [6.45, 7) is 0.403. The summed E-state index contributed by atoms with van der Waals surface area (Å²) >= 11 is 0. The number of phenolic OH excluding ortho intramolecular Hbond substituents is 1.